The maximum atomic E-state index is 12.9. The van der Waals surface area contributed by atoms with E-state index in [4.69, 9.17) is 28.3 Å². The number of carbonyl (C=O) groups excluding carboxylic acids is 1. The zero-order valence-electron chi connectivity index (χ0n) is 14.3. The lowest BCUT2D eigenvalue weighted by atomic mass is 10.1. The lowest BCUT2D eigenvalue weighted by Crippen LogP contribution is -2.39. The molecule has 0 bridgehead atoms. The van der Waals surface area contributed by atoms with Crippen LogP contribution in [0.25, 0.3) is 5.69 Å². The topological polar surface area (TPSA) is 88.3 Å². The molecule has 3 rings (SSSR count). The fourth-order valence-electron chi connectivity index (χ4n) is 2.67. The summed E-state index contributed by atoms with van der Waals surface area (Å²) in [6, 6.07) is 5.11. The van der Waals surface area contributed by atoms with Crippen LogP contribution < -0.4 is 0 Å². The van der Waals surface area contributed by atoms with Crippen LogP contribution in [0.2, 0.25) is 10.0 Å². The van der Waals surface area contributed by atoms with Gasteiger partial charge in [0.25, 0.3) is 5.91 Å². The van der Waals surface area contributed by atoms with Gasteiger partial charge in [-0.05, 0) is 31.9 Å². The Kier molecular flexibility index (Phi) is 5.20. The molecule has 2 aromatic rings. The first kappa shape index (κ1) is 18.7. The number of aryl methyl sites for hydroxylation is 1. The molecular weight excluding hydrogens is 379 g/mol. The summed E-state index contributed by atoms with van der Waals surface area (Å²) in [6.07, 6.45) is 1.71. The molecule has 1 saturated carbocycles. The van der Waals surface area contributed by atoms with Crippen molar-refractivity contribution >= 4 is 35.1 Å². The van der Waals surface area contributed by atoms with E-state index in [0.717, 1.165) is 12.8 Å². The van der Waals surface area contributed by atoms with Crippen LogP contribution in [0.5, 0.6) is 0 Å². The molecule has 1 aromatic carbocycles. The predicted molar refractivity (Wildman–Crippen MR) is 97.0 cm³/mol. The third-order valence-electron chi connectivity index (χ3n) is 4.25. The van der Waals surface area contributed by atoms with E-state index in [0.29, 0.717) is 21.6 Å². The molecule has 1 unspecified atom stereocenters. The van der Waals surface area contributed by atoms with Crippen LogP contribution in [-0.2, 0) is 4.79 Å². The van der Waals surface area contributed by atoms with Crippen LogP contribution in [-0.4, -0.2) is 49.2 Å². The predicted octanol–water partition coefficient (Wildman–Crippen LogP) is 3.21. The quantitative estimate of drug-likeness (QED) is 0.809. The van der Waals surface area contributed by atoms with Crippen LogP contribution in [0, 0.1) is 12.8 Å². The minimum absolute atomic E-state index is 0.00275. The van der Waals surface area contributed by atoms with Crippen LogP contribution >= 0.6 is 23.2 Å². The Morgan fingerprint density at radius 2 is 1.96 bits per heavy atom. The Morgan fingerprint density at radius 3 is 2.50 bits per heavy atom. The normalized spacial score (nSPS) is 14.9. The van der Waals surface area contributed by atoms with Crippen molar-refractivity contribution in [2.24, 2.45) is 5.92 Å². The van der Waals surface area contributed by atoms with E-state index in [2.05, 4.69) is 10.1 Å². The molecule has 0 spiro atoms. The maximum Gasteiger partial charge on any atom is 0.308 e. The fraction of sp³-hybridized carbons (Fsp3) is 0.412. The van der Waals surface area contributed by atoms with Crippen molar-refractivity contribution in [1.82, 2.24) is 19.7 Å². The molecule has 0 radical (unpaired) electrons. The van der Waals surface area contributed by atoms with Crippen molar-refractivity contribution in [2.75, 3.05) is 6.54 Å². The highest BCUT2D eigenvalue weighted by molar-refractivity contribution is 6.37. The molecule has 0 saturated heterocycles. The van der Waals surface area contributed by atoms with Gasteiger partial charge in [-0.15, -0.1) is 5.10 Å². The minimum atomic E-state index is -0.944. The highest BCUT2D eigenvalue weighted by atomic mass is 35.5. The summed E-state index contributed by atoms with van der Waals surface area (Å²) in [5.74, 6) is -1.53. The number of benzene rings is 1. The molecule has 1 amide bonds. The van der Waals surface area contributed by atoms with Gasteiger partial charge in [-0.2, -0.15) is 0 Å². The number of halogens is 2. The second-order valence-electron chi connectivity index (χ2n) is 6.39. The van der Waals surface area contributed by atoms with Gasteiger partial charge in [0.1, 0.15) is 11.5 Å². The van der Waals surface area contributed by atoms with E-state index in [-0.39, 0.29) is 24.3 Å². The molecule has 1 atom stereocenters. The minimum Gasteiger partial charge on any atom is -0.481 e. The molecule has 7 nitrogen and oxygen atoms in total. The summed E-state index contributed by atoms with van der Waals surface area (Å²) in [4.78, 5) is 29.8. The maximum absolute atomic E-state index is 12.9. The first-order valence-corrected chi connectivity index (χ1v) is 8.97. The summed E-state index contributed by atoms with van der Waals surface area (Å²) in [7, 11) is 0. The fourth-order valence-corrected chi connectivity index (χ4v) is 3.23. The summed E-state index contributed by atoms with van der Waals surface area (Å²) in [5, 5.41) is 14.2. The van der Waals surface area contributed by atoms with Crippen LogP contribution in [0.15, 0.2) is 18.2 Å². The van der Waals surface area contributed by atoms with Crippen LogP contribution in [0.1, 0.15) is 36.2 Å². The lowest BCUT2D eigenvalue weighted by molar-refractivity contribution is -0.141. The van der Waals surface area contributed by atoms with Crippen molar-refractivity contribution < 1.29 is 14.7 Å². The Morgan fingerprint density at radius 1 is 1.35 bits per heavy atom. The van der Waals surface area contributed by atoms with Gasteiger partial charge >= 0.3 is 5.97 Å². The second-order valence-corrected chi connectivity index (χ2v) is 7.21. The molecule has 1 fully saturated rings. The Hall–Kier alpha value is -2.12. The van der Waals surface area contributed by atoms with E-state index < -0.39 is 11.9 Å². The molecule has 1 aliphatic carbocycles. The molecule has 1 aliphatic rings. The van der Waals surface area contributed by atoms with Crippen molar-refractivity contribution in [3.63, 3.8) is 0 Å². The second kappa shape index (κ2) is 7.25. The van der Waals surface area contributed by atoms with Gasteiger partial charge in [0.2, 0.25) is 5.82 Å². The zero-order valence-corrected chi connectivity index (χ0v) is 15.8. The van der Waals surface area contributed by atoms with Crippen LogP contribution in [0.3, 0.4) is 0 Å². The van der Waals surface area contributed by atoms with Crippen molar-refractivity contribution in [3.8, 4) is 5.69 Å². The van der Waals surface area contributed by atoms with Gasteiger partial charge in [0.15, 0.2) is 0 Å². The van der Waals surface area contributed by atoms with E-state index >= 15 is 0 Å². The van der Waals surface area contributed by atoms with Gasteiger partial charge in [0.05, 0.1) is 16.0 Å². The van der Waals surface area contributed by atoms with Gasteiger partial charge in [-0.1, -0.05) is 36.2 Å². The SMILES string of the molecule is Cc1nc(C(=O)N(CC(C)C(=O)O)C2CC2)nn1-c1c(Cl)cccc1Cl. The molecule has 26 heavy (non-hydrogen) atoms. The monoisotopic (exact) mass is 396 g/mol. The number of amides is 1. The van der Waals surface area contributed by atoms with E-state index in [1.807, 2.05) is 0 Å². The number of hydrogen-bond donors (Lipinski definition) is 1. The standard InChI is InChI=1S/C17H18Cl2N4O3/c1-9(17(25)26)8-22(11-6-7-11)16(24)15-20-10(2)23(21-15)14-12(18)4-3-5-13(14)19/h3-5,9,11H,6-8H2,1-2H3,(H,25,26). The molecule has 0 aliphatic heterocycles. The number of aromatic nitrogens is 3. The van der Waals surface area contributed by atoms with Crippen molar-refractivity contribution in [2.45, 2.75) is 32.7 Å². The number of carbonyl (C=O) groups is 2. The summed E-state index contributed by atoms with van der Waals surface area (Å²) < 4.78 is 1.43. The molecule has 1 N–H and O–H groups in total. The lowest BCUT2D eigenvalue weighted by Gasteiger charge is -2.22. The van der Waals surface area contributed by atoms with E-state index in [1.54, 1.807) is 36.9 Å². The third-order valence-corrected chi connectivity index (χ3v) is 4.86. The zero-order chi connectivity index (χ0) is 19.0. The third kappa shape index (κ3) is 3.68. The summed E-state index contributed by atoms with van der Waals surface area (Å²) in [6.45, 7) is 3.40. The number of rotatable bonds is 6. The molecule has 138 valence electrons. The average molecular weight is 397 g/mol. The van der Waals surface area contributed by atoms with E-state index in [9.17, 15) is 9.59 Å². The molecule has 1 heterocycles. The first-order chi connectivity index (χ1) is 12.3. The number of carboxylic acid groups (broad SMARTS) is 1. The van der Waals surface area contributed by atoms with Gasteiger partial charge < -0.3 is 10.0 Å². The number of aliphatic carboxylic acids is 1. The van der Waals surface area contributed by atoms with Crippen LogP contribution in [0.4, 0.5) is 0 Å². The Balaban J connectivity index is 1.92. The van der Waals surface area contributed by atoms with Gasteiger partial charge in [-0.25, -0.2) is 9.67 Å². The summed E-state index contributed by atoms with van der Waals surface area (Å²) in [5.41, 5.74) is 0.455. The number of hydrogen-bond acceptors (Lipinski definition) is 4. The van der Waals surface area contributed by atoms with Crippen molar-refractivity contribution in [1.29, 1.82) is 0 Å². The molecule has 9 heteroatoms. The van der Waals surface area contributed by atoms with E-state index in [1.165, 1.54) is 4.68 Å². The number of carboxylic acids is 1. The van der Waals surface area contributed by atoms with Crippen molar-refractivity contribution in [3.05, 3.63) is 39.9 Å². The Bertz CT molecular complexity index is 843. The molecular formula is C17H18Cl2N4O3. The van der Waals surface area contributed by atoms with Gasteiger partial charge in [-0.3, -0.25) is 9.59 Å². The smallest absolute Gasteiger partial charge is 0.308 e. The number of para-hydroxylation sites is 1. The highest BCUT2D eigenvalue weighted by Crippen LogP contribution is 2.30. The largest absolute Gasteiger partial charge is 0.481 e. The summed E-state index contributed by atoms with van der Waals surface area (Å²) >= 11 is 12.4. The molecule has 1 aromatic heterocycles. The Labute approximate surface area is 160 Å². The first-order valence-electron chi connectivity index (χ1n) is 8.21. The highest BCUT2D eigenvalue weighted by Gasteiger charge is 2.36. The van der Waals surface area contributed by atoms with Gasteiger partial charge in [0, 0.05) is 12.6 Å². The number of nitrogens with zero attached hydrogens (tertiary/aromatic N) is 4. The average Bonchev–Trinajstić information content (AvgIpc) is 3.35.